The van der Waals surface area contributed by atoms with E-state index in [0.717, 1.165) is 4.57 Å². The zero-order valence-corrected chi connectivity index (χ0v) is 21.6. The van der Waals surface area contributed by atoms with Gasteiger partial charge in [-0.3, -0.25) is 9.59 Å². The molecule has 1 atom stereocenters. The molecule has 0 bridgehead atoms. The largest absolute Gasteiger partial charge is 0.497 e. The lowest BCUT2D eigenvalue weighted by Crippen LogP contribution is -2.35. The lowest BCUT2D eigenvalue weighted by atomic mass is 9.84. The van der Waals surface area contributed by atoms with Gasteiger partial charge in [0.2, 0.25) is 17.5 Å². The van der Waals surface area contributed by atoms with Crippen LogP contribution in [0.25, 0.3) is 21.9 Å². The van der Waals surface area contributed by atoms with Gasteiger partial charge in [0.1, 0.15) is 22.7 Å². The Morgan fingerprint density at radius 2 is 1.67 bits per heavy atom. The molecule has 3 aromatic heterocycles. The minimum absolute atomic E-state index is 0.0236. The first-order valence-corrected chi connectivity index (χ1v) is 11.9. The van der Waals surface area contributed by atoms with Crippen LogP contribution < -0.4 is 30.1 Å². The second-order valence-corrected chi connectivity index (χ2v) is 8.91. The van der Waals surface area contributed by atoms with Crippen LogP contribution in [0.4, 0.5) is 0 Å². The van der Waals surface area contributed by atoms with Crippen molar-refractivity contribution in [2.75, 3.05) is 21.3 Å². The van der Waals surface area contributed by atoms with Crippen LogP contribution in [0.5, 0.6) is 28.9 Å². The Morgan fingerprint density at radius 1 is 0.949 bits per heavy atom. The van der Waals surface area contributed by atoms with E-state index in [0.29, 0.717) is 33.4 Å². The highest BCUT2D eigenvalue weighted by molar-refractivity contribution is 6.09. The molecule has 0 amide bonds. The molecule has 4 heterocycles. The van der Waals surface area contributed by atoms with Crippen molar-refractivity contribution in [2.24, 2.45) is 0 Å². The van der Waals surface area contributed by atoms with Crippen LogP contribution in [-0.4, -0.2) is 36.8 Å². The first-order chi connectivity index (χ1) is 18.8. The van der Waals surface area contributed by atoms with Crippen molar-refractivity contribution in [2.45, 2.75) is 19.8 Å². The number of hydrogen-bond acceptors (Lipinski definition) is 10. The third-order valence-electron chi connectivity index (χ3n) is 6.86. The van der Waals surface area contributed by atoms with E-state index in [-0.39, 0.29) is 39.9 Å². The Balaban J connectivity index is 1.80. The highest BCUT2D eigenvalue weighted by Gasteiger charge is 2.40. The molecule has 0 radical (unpaired) electrons. The molecule has 0 aliphatic carbocycles. The fourth-order valence-corrected chi connectivity index (χ4v) is 5.23. The van der Waals surface area contributed by atoms with E-state index in [1.807, 2.05) is 0 Å². The van der Waals surface area contributed by atoms with Crippen LogP contribution in [0.3, 0.4) is 0 Å². The van der Waals surface area contributed by atoms with E-state index < -0.39 is 23.0 Å². The number of aryl methyl sites for hydroxylation is 1. The number of carbonyl (C=O) groups is 1. The van der Waals surface area contributed by atoms with Gasteiger partial charge >= 0.3 is 5.63 Å². The maximum Gasteiger partial charge on any atom is 0.344 e. The van der Waals surface area contributed by atoms with Crippen molar-refractivity contribution < 1.29 is 32.6 Å². The summed E-state index contributed by atoms with van der Waals surface area (Å²) in [6, 6.07) is 8.55. The van der Waals surface area contributed by atoms with Gasteiger partial charge < -0.3 is 27.8 Å². The summed E-state index contributed by atoms with van der Waals surface area (Å²) in [7, 11) is 4.42. The highest BCUT2D eigenvalue weighted by Crippen LogP contribution is 2.52. The second-order valence-electron chi connectivity index (χ2n) is 8.91. The number of ether oxygens (including phenoxy) is 4. The van der Waals surface area contributed by atoms with Crippen LogP contribution in [0.15, 0.2) is 55.0 Å². The maximum absolute atomic E-state index is 13.7. The number of carbonyl (C=O) groups excluding carboxylic acids is 1. The van der Waals surface area contributed by atoms with Crippen LogP contribution in [0.2, 0.25) is 0 Å². The normalized spacial score (nSPS) is 14.0. The average Bonchev–Trinajstić information content (AvgIpc) is 3.40. The van der Waals surface area contributed by atoms with Gasteiger partial charge in [-0.1, -0.05) is 12.1 Å². The Labute approximate surface area is 220 Å². The molecule has 39 heavy (non-hydrogen) atoms. The summed E-state index contributed by atoms with van der Waals surface area (Å²) in [4.78, 5) is 44.3. The molecule has 0 fully saturated rings. The van der Waals surface area contributed by atoms with Crippen molar-refractivity contribution >= 4 is 27.8 Å². The van der Waals surface area contributed by atoms with E-state index in [1.54, 1.807) is 30.3 Å². The predicted molar refractivity (Wildman–Crippen MR) is 139 cm³/mol. The fraction of sp³-hybridized carbons (Fsp3) is 0.214. The number of methoxy groups -OCH3 is 3. The Morgan fingerprint density at radius 3 is 2.31 bits per heavy atom. The molecule has 0 saturated heterocycles. The summed E-state index contributed by atoms with van der Waals surface area (Å²) < 4.78 is 35.2. The summed E-state index contributed by atoms with van der Waals surface area (Å²) >= 11 is 0. The average molecular weight is 530 g/mol. The summed E-state index contributed by atoms with van der Waals surface area (Å²) in [6.45, 7) is 2.79. The summed E-state index contributed by atoms with van der Waals surface area (Å²) in [5, 5.41) is 0.863. The third kappa shape index (κ3) is 3.36. The Bertz CT molecular complexity index is 1930. The zero-order valence-electron chi connectivity index (χ0n) is 21.6. The Hall–Kier alpha value is -5.06. The molecule has 198 valence electrons. The molecule has 1 aliphatic rings. The quantitative estimate of drug-likeness (QED) is 0.303. The topological polar surface area (TPSA) is 132 Å². The first kappa shape index (κ1) is 24.3. The molecule has 5 aromatic rings. The maximum atomic E-state index is 13.7. The van der Waals surface area contributed by atoms with Crippen molar-refractivity contribution in [3.05, 3.63) is 79.9 Å². The molecule has 2 aromatic carbocycles. The molecule has 0 saturated carbocycles. The van der Waals surface area contributed by atoms with Gasteiger partial charge in [-0.2, -0.15) is 4.98 Å². The fourth-order valence-electron chi connectivity index (χ4n) is 5.23. The van der Waals surface area contributed by atoms with Gasteiger partial charge in [0.15, 0.2) is 16.9 Å². The molecular weight excluding hydrogens is 508 g/mol. The van der Waals surface area contributed by atoms with Gasteiger partial charge in [0, 0.05) is 6.92 Å². The minimum atomic E-state index is -0.989. The van der Waals surface area contributed by atoms with Gasteiger partial charge in [-0.25, -0.2) is 9.36 Å². The van der Waals surface area contributed by atoms with Crippen LogP contribution in [0.1, 0.15) is 40.2 Å². The van der Waals surface area contributed by atoms with Gasteiger partial charge in [0.25, 0.3) is 5.56 Å². The minimum Gasteiger partial charge on any atom is -0.497 e. The van der Waals surface area contributed by atoms with E-state index in [1.165, 1.54) is 41.4 Å². The van der Waals surface area contributed by atoms with Crippen molar-refractivity contribution in [3.63, 3.8) is 0 Å². The lowest BCUT2D eigenvalue weighted by molar-refractivity contribution is 0.0927. The van der Waals surface area contributed by atoms with Crippen molar-refractivity contribution in [3.8, 4) is 28.9 Å². The molecule has 1 aliphatic heterocycles. The molecule has 0 N–H and O–H groups in total. The first-order valence-electron chi connectivity index (χ1n) is 11.9. The lowest BCUT2D eigenvalue weighted by Gasteiger charge is -2.28. The third-order valence-corrected chi connectivity index (χ3v) is 6.86. The predicted octanol–water partition coefficient (Wildman–Crippen LogP) is 4.38. The molecule has 11 heteroatoms. The van der Waals surface area contributed by atoms with E-state index >= 15 is 0 Å². The van der Waals surface area contributed by atoms with Crippen LogP contribution in [0, 0.1) is 6.92 Å². The van der Waals surface area contributed by atoms with Crippen molar-refractivity contribution in [1.82, 2.24) is 9.55 Å². The number of benzene rings is 2. The number of hydrogen-bond donors (Lipinski definition) is 0. The SMILES string of the molecule is COc1ccc(C2c3c(c4c(OC)c5ccoc5c(OC)c4oc3=O)Oc3nc(C)n(C(C)=O)c(=O)c32)cc1. The summed E-state index contributed by atoms with van der Waals surface area (Å²) in [5.41, 5.74) is -0.425. The molecule has 6 rings (SSSR count). The summed E-state index contributed by atoms with van der Waals surface area (Å²) in [6.07, 6.45) is 1.46. The van der Waals surface area contributed by atoms with E-state index in [2.05, 4.69) is 4.98 Å². The number of rotatable bonds is 4. The molecular formula is C28H22N2O9. The standard InChI is InChI=1S/C28H22N2O9/c1-12-29-26-19(27(32)30(12)13(2)31)17(14-6-8-15(34-3)9-7-14)18-23(38-26)20-21(35-4)16-10-11-37-22(16)25(36-5)24(20)39-28(18)33/h6-11,17H,1-5H3. The van der Waals surface area contributed by atoms with Crippen LogP contribution in [-0.2, 0) is 0 Å². The molecule has 11 nitrogen and oxygen atoms in total. The second kappa shape index (κ2) is 8.76. The van der Waals surface area contributed by atoms with Gasteiger partial charge in [0.05, 0.1) is 50.0 Å². The summed E-state index contributed by atoms with van der Waals surface area (Å²) in [5.74, 6) is -0.240. The van der Waals surface area contributed by atoms with Crippen LogP contribution >= 0.6 is 0 Å². The van der Waals surface area contributed by atoms with E-state index in [4.69, 9.17) is 27.8 Å². The van der Waals surface area contributed by atoms with E-state index in [9.17, 15) is 14.4 Å². The monoisotopic (exact) mass is 530 g/mol. The zero-order chi connectivity index (χ0) is 27.6. The van der Waals surface area contributed by atoms with Crippen molar-refractivity contribution in [1.29, 1.82) is 0 Å². The number of aromatic nitrogens is 2. The number of furan rings is 1. The van der Waals surface area contributed by atoms with Gasteiger partial charge in [-0.05, 0) is 30.7 Å². The number of fused-ring (bicyclic) bond motifs is 5. The molecule has 1 unspecified atom stereocenters. The van der Waals surface area contributed by atoms with Gasteiger partial charge in [-0.15, -0.1) is 0 Å². The number of nitrogens with zero attached hydrogens (tertiary/aromatic N) is 2. The molecule has 0 spiro atoms. The Kier molecular flexibility index (Phi) is 5.45. The highest BCUT2D eigenvalue weighted by atomic mass is 16.5. The smallest absolute Gasteiger partial charge is 0.344 e.